The van der Waals surface area contributed by atoms with Crippen LogP contribution in [0.15, 0.2) is 40.8 Å². The SMILES string of the molecule is CCONC(=O)c1ccc(-c2cccc(C(F)(F)F)c2)o1. The van der Waals surface area contributed by atoms with Gasteiger partial charge in [-0.05, 0) is 31.2 Å². The molecule has 1 aromatic carbocycles. The van der Waals surface area contributed by atoms with Gasteiger partial charge in [0.2, 0.25) is 0 Å². The van der Waals surface area contributed by atoms with E-state index >= 15 is 0 Å². The molecule has 0 fully saturated rings. The number of hydrogen-bond donors (Lipinski definition) is 1. The molecule has 0 spiro atoms. The van der Waals surface area contributed by atoms with E-state index in [1.54, 1.807) is 6.92 Å². The zero-order chi connectivity index (χ0) is 15.5. The van der Waals surface area contributed by atoms with Crippen LogP contribution in [0.1, 0.15) is 23.0 Å². The molecule has 0 saturated carbocycles. The Hall–Kier alpha value is -2.28. The summed E-state index contributed by atoms with van der Waals surface area (Å²) in [6.07, 6.45) is -4.43. The van der Waals surface area contributed by atoms with Crippen LogP contribution in [0.3, 0.4) is 0 Å². The monoisotopic (exact) mass is 299 g/mol. The minimum absolute atomic E-state index is 0.0455. The van der Waals surface area contributed by atoms with E-state index in [2.05, 4.69) is 5.48 Å². The molecule has 0 unspecified atom stereocenters. The molecule has 0 saturated heterocycles. The van der Waals surface area contributed by atoms with Gasteiger partial charge in [-0.1, -0.05) is 12.1 Å². The summed E-state index contributed by atoms with van der Waals surface area (Å²) in [5, 5.41) is 0. The third-order valence-electron chi connectivity index (χ3n) is 2.61. The first-order valence-electron chi connectivity index (χ1n) is 6.11. The Bertz CT molecular complexity index is 634. The number of rotatable bonds is 4. The third kappa shape index (κ3) is 3.63. The van der Waals surface area contributed by atoms with Crippen molar-refractivity contribution in [3.8, 4) is 11.3 Å². The first-order chi connectivity index (χ1) is 9.91. The van der Waals surface area contributed by atoms with E-state index in [0.717, 1.165) is 12.1 Å². The molecule has 21 heavy (non-hydrogen) atoms. The van der Waals surface area contributed by atoms with Gasteiger partial charge in [-0.25, -0.2) is 5.48 Å². The maximum absolute atomic E-state index is 12.6. The number of nitrogens with one attached hydrogen (secondary N) is 1. The number of halogens is 3. The second-order valence-electron chi connectivity index (χ2n) is 4.11. The van der Waals surface area contributed by atoms with Gasteiger partial charge in [0.1, 0.15) is 5.76 Å². The van der Waals surface area contributed by atoms with E-state index < -0.39 is 17.6 Å². The van der Waals surface area contributed by atoms with Crippen molar-refractivity contribution in [2.75, 3.05) is 6.61 Å². The standard InChI is InChI=1S/C14H12F3NO3/c1-2-20-18-13(19)12-7-6-11(21-12)9-4-3-5-10(8-9)14(15,16)17/h3-8H,2H2,1H3,(H,18,19). The molecule has 7 heteroatoms. The smallest absolute Gasteiger partial charge is 0.416 e. The molecule has 112 valence electrons. The number of hydroxylamine groups is 1. The second-order valence-corrected chi connectivity index (χ2v) is 4.11. The van der Waals surface area contributed by atoms with Crippen molar-refractivity contribution in [2.24, 2.45) is 0 Å². The van der Waals surface area contributed by atoms with Gasteiger partial charge in [0, 0.05) is 5.56 Å². The number of furan rings is 1. The lowest BCUT2D eigenvalue weighted by molar-refractivity contribution is -0.137. The predicted molar refractivity (Wildman–Crippen MR) is 68.2 cm³/mol. The maximum Gasteiger partial charge on any atom is 0.416 e. The van der Waals surface area contributed by atoms with Gasteiger partial charge in [0.15, 0.2) is 5.76 Å². The van der Waals surface area contributed by atoms with Crippen molar-refractivity contribution in [2.45, 2.75) is 13.1 Å². The van der Waals surface area contributed by atoms with E-state index in [0.29, 0.717) is 0 Å². The van der Waals surface area contributed by atoms with E-state index in [1.807, 2.05) is 0 Å². The summed E-state index contributed by atoms with van der Waals surface area (Å²) in [4.78, 5) is 16.3. The summed E-state index contributed by atoms with van der Waals surface area (Å²) in [5.74, 6) is -0.478. The largest absolute Gasteiger partial charge is 0.451 e. The summed E-state index contributed by atoms with van der Waals surface area (Å²) in [6.45, 7) is 1.98. The van der Waals surface area contributed by atoms with Crippen molar-refractivity contribution in [1.29, 1.82) is 0 Å². The molecule has 1 N–H and O–H groups in total. The minimum Gasteiger partial charge on any atom is -0.451 e. The lowest BCUT2D eigenvalue weighted by Crippen LogP contribution is -2.22. The molecule has 0 bridgehead atoms. The highest BCUT2D eigenvalue weighted by atomic mass is 19.4. The minimum atomic E-state index is -4.43. The Labute approximate surface area is 118 Å². The fourth-order valence-corrected chi connectivity index (χ4v) is 1.65. The molecule has 0 aliphatic heterocycles. The van der Waals surface area contributed by atoms with E-state index in [9.17, 15) is 18.0 Å². The molecule has 1 aromatic heterocycles. The van der Waals surface area contributed by atoms with Crippen LogP contribution in [-0.4, -0.2) is 12.5 Å². The molecule has 2 rings (SSSR count). The Balaban J connectivity index is 2.24. The molecule has 0 radical (unpaired) electrons. The average molecular weight is 299 g/mol. The third-order valence-corrected chi connectivity index (χ3v) is 2.61. The lowest BCUT2D eigenvalue weighted by atomic mass is 10.1. The fraction of sp³-hybridized carbons (Fsp3) is 0.214. The summed E-state index contributed by atoms with van der Waals surface area (Å²) in [7, 11) is 0. The number of amides is 1. The summed E-state index contributed by atoms with van der Waals surface area (Å²) < 4.78 is 43.2. The van der Waals surface area contributed by atoms with E-state index in [4.69, 9.17) is 9.25 Å². The zero-order valence-electron chi connectivity index (χ0n) is 11.0. The van der Waals surface area contributed by atoms with Crippen LogP contribution in [0.4, 0.5) is 13.2 Å². The van der Waals surface area contributed by atoms with E-state index in [-0.39, 0.29) is 23.7 Å². The second kappa shape index (κ2) is 6.01. The van der Waals surface area contributed by atoms with Gasteiger partial charge in [0.25, 0.3) is 0 Å². The van der Waals surface area contributed by atoms with Gasteiger partial charge in [-0.3, -0.25) is 9.63 Å². The van der Waals surface area contributed by atoms with Crippen LogP contribution in [0.2, 0.25) is 0 Å². The van der Waals surface area contributed by atoms with Crippen LogP contribution in [0.25, 0.3) is 11.3 Å². The fourth-order valence-electron chi connectivity index (χ4n) is 1.65. The van der Waals surface area contributed by atoms with Crippen LogP contribution in [0, 0.1) is 0 Å². The molecule has 1 heterocycles. The lowest BCUT2D eigenvalue weighted by Gasteiger charge is -2.07. The number of benzene rings is 1. The summed E-state index contributed by atoms with van der Waals surface area (Å²) >= 11 is 0. The Morgan fingerprint density at radius 1 is 1.29 bits per heavy atom. The van der Waals surface area contributed by atoms with E-state index in [1.165, 1.54) is 24.3 Å². The average Bonchev–Trinajstić information content (AvgIpc) is 2.94. The number of carbonyl (C=O) groups is 1. The zero-order valence-corrected chi connectivity index (χ0v) is 11.0. The summed E-state index contributed by atoms with van der Waals surface area (Å²) in [5.41, 5.74) is 1.59. The highest BCUT2D eigenvalue weighted by molar-refractivity contribution is 5.91. The Morgan fingerprint density at radius 2 is 2.05 bits per heavy atom. The topological polar surface area (TPSA) is 51.5 Å². The number of alkyl halides is 3. The first kappa shape index (κ1) is 15.1. The molecule has 4 nitrogen and oxygen atoms in total. The van der Waals surface area contributed by atoms with Gasteiger partial charge in [-0.2, -0.15) is 13.2 Å². The van der Waals surface area contributed by atoms with Crippen LogP contribution < -0.4 is 5.48 Å². The molecular formula is C14H12F3NO3. The van der Waals surface area contributed by atoms with Gasteiger partial charge < -0.3 is 4.42 Å². The Kier molecular flexibility index (Phi) is 4.32. The molecule has 1 amide bonds. The highest BCUT2D eigenvalue weighted by Crippen LogP contribution is 2.32. The van der Waals surface area contributed by atoms with Crippen molar-refractivity contribution in [1.82, 2.24) is 5.48 Å². The van der Waals surface area contributed by atoms with Crippen molar-refractivity contribution in [3.05, 3.63) is 47.7 Å². The van der Waals surface area contributed by atoms with Crippen LogP contribution in [0.5, 0.6) is 0 Å². The van der Waals surface area contributed by atoms with Crippen LogP contribution >= 0.6 is 0 Å². The van der Waals surface area contributed by atoms with Gasteiger partial charge >= 0.3 is 12.1 Å². The maximum atomic E-state index is 12.6. The van der Waals surface area contributed by atoms with Crippen molar-refractivity contribution >= 4 is 5.91 Å². The first-order valence-corrected chi connectivity index (χ1v) is 6.11. The van der Waals surface area contributed by atoms with Crippen LogP contribution in [-0.2, 0) is 11.0 Å². The Morgan fingerprint density at radius 3 is 2.71 bits per heavy atom. The predicted octanol–water partition coefficient (Wildman–Crippen LogP) is 3.65. The number of carbonyl (C=O) groups excluding carboxylic acids is 1. The molecule has 0 atom stereocenters. The summed E-state index contributed by atoms with van der Waals surface area (Å²) in [6, 6.07) is 7.47. The molecule has 0 aliphatic rings. The molecular weight excluding hydrogens is 287 g/mol. The molecule has 0 aliphatic carbocycles. The van der Waals surface area contributed by atoms with Gasteiger partial charge in [0.05, 0.1) is 12.2 Å². The highest BCUT2D eigenvalue weighted by Gasteiger charge is 2.30. The number of hydrogen-bond acceptors (Lipinski definition) is 3. The van der Waals surface area contributed by atoms with Gasteiger partial charge in [-0.15, -0.1) is 0 Å². The quantitative estimate of drug-likeness (QED) is 0.877. The van der Waals surface area contributed by atoms with Crippen molar-refractivity contribution in [3.63, 3.8) is 0 Å². The van der Waals surface area contributed by atoms with Crippen molar-refractivity contribution < 1.29 is 27.2 Å². The molecule has 2 aromatic rings. The normalized spacial score (nSPS) is 11.4.